The van der Waals surface area contributed by atoms with Crippen LogP contribution in [0.2, 0.25) is 0 Å². The van der Waals surface area contributed by atoms with Crippen molar-refractivity contribution < 1.29 is 13.2 Å². The van der Waals surface area contributed by atoms with E-state index in [1.54, 1.807) is 6.20 Å². The molecule has 1 heterocycles. The number of hydrogen-bond acceptors (Lipinski definition) is 2. The highest BCUT2D eigenvalue weighted by molar-refractivity contribution is 5.16. The Hall–Kier alpha value is -1.10. The number of rotatable bonds is 4. The fourth-order valence-electron chi connectivity index (χ4n) is 2.77. The van der Waals surface area contributed by atoms with Gasteiger partial charge in [-0.15, -0.1) is 0 Å². The van der Waals surface area contributed by atoms with Crippen molar-refractivity contribution in [3.8, 4) is 0 Å². The van der Waals surface area contributed by atoms with Crippen LogP contribution >= 0.6 is 0 Å². The average Bonchev–Trinajstić information content (AvgIpc) is 2.36. The molecule has 1 fully saturated rings. The molecule has 1 saturated carbocycles. The third-order valence-corrected chi connectivity index (χ3v) is 3.74. The summed E-state index contributed by atoms with van der Waals surface area (Å²) in [5, 5.41) is 3.27. The zero-order chi connectivity index (χ0) is 13.9. The van der Waals surface area contributed by atoms with E-state index in [0.717, 1.165) is 11.8 Å². The molecular weight excluding hydrogens is 253 g/mol. The molecule has 0 aromatic carbocycles. The van der Waals surface area contributed by atoms with Crippen molar-refractivity contribution in [1.29, 1.82) is 0 Å². The van der Waals surface area contributed by atoms with Crippen LogP contribution in [0.1, 0.15) is 44.2 Å². The Bertz CT molecular complexity index is 413. The SMILES string of the molecule is CCNC(c1cncc(F)c1)C1CCC(F)(F)CC1. The molecule has 1 N–H and O–H groups in total. The Morgan fingerprint density at radius 3 is 2.63 bits per heavy atom. The number of alkyl halides is 2. The summed E-state index contributed by atoms with van der Waals surface area (Å²) in [4.78, 5) is 3.85. The largest absolute Gasteiger partial charge is 0.310 e. The van der Waals surface area contributed by atoms with Gasteiger partial charge in [-0.25, -0.2) is 13.2 Å². The highest BCUT2D eigenvalue weighted by atomic mass is 19.3. The first-order chi connectivity index (χ1) is 9.02. The van der Waals surface area contributed by atoms with Gasteiger partial charge in [0.05, 0.1) is 6.20 Å². The van der Waals surface area contributed by atoms with E-state index in [0.29, 0.717) is 19.4 Å². The highest BCUT2D eigenvalue weighted by Gasteiger charge is 2.37. The van der Waals surface area contributed by atoms with E-state index in [9.17, 15) is 13.2 Å². The smallest absolute Gasteiger partial charge is 0.248 e. The first kappa shape index (κ1) is 14.3. The van der Waals surface area contributed by atoms with Crippen LogP contribution in [0.25, 0.3) is 0 Å². The molecule has 1 aliphatic rings. The number of halogens is 3. The summed E-state index contributed by atoms with van der Waals surface area (Å²) in [5.74, 6) is -2.81. The van der Waals surface area contributed by atoms with Gasteiger partial charge in [-0.1, -0.05) is 6.92 Å². The van der Waals surface area contributed by atoms with E-state index in [4.69, 9.17) is 0 Å². The van der Waals surface area contributed by atoms with Crippen LogP contribution in [-0.2, 0) is 0 Å². The van der Waals surface area contributed by atoms with E-state index in [-0.39, 0.29) is 30.6 Å². The zero-order valence-electron chi connectivity index (χ0n) is 11.0. The van der Waals surface area contributed by atoms with Crippen molar-refractivity contribution in [2.75, 3.05) is 6.54 Å². The van der Waals surface area contributed by atoms with Crippen molar-refractivity contribution in [3.63, 3.8) is 0 Å². The molecule has 0 spiro atoms. The van der Waals surface area contributed by atoms with E-state index in [1.165, 1.54) is 6.07 Å². The van der Waals surface area contributed by atoms with Crippen LogP contribution in [0.3, 0.4) is 0 Å². The van der Waals surface area contributed by atoms with Gasteiger partial charge in [0.25, 0.3) is 0 Å². The molecule has 1 aliphatic carbocycles. The van der Waals surface area contributed by atoms with Crippen LogP contribution in [-0.4, -0.2) is 17.5 Å². The standard InChI is InChI=1S/C14H19F3N2/c1-2-19-13(11-7-12(15)9-18-8-11)10-3-5-14(16,17)6-4-10/h7-10,13,19H,2-6H2,1H3. The van der Waals surface area contributed by atoms with E-state index >= 15 is 0 Å². The lowest BCUT2D eigenvalue weighted by molar-refractivity contribution is -0.0497. The molecule has 1 atom stereocenters. The van der Waals surface area contributed by atoms with Crippen LogP contribution in [0.5, 0.6) is 0 Å². The normalized spacial score (nSPS) is 21.3. The average molecular weight is 272 g/mol. The van der Waals surface area contributed by atoms with Crippen LogP contribution in [0, 0.1) is 11.7 Å². The summed E-state index contributed by atoms with van der Waals surface area (Å²) >= 11 is 0. The molecule has 0 bridgehead atoms. The minimum absolute atomic E-state index is 0.0810. The van der Waals surface area contributed by atoms with Crippen molar-refractivity contribution in [3.05, 3.63) is 29.8 Å². The molecule has 0 radical (unpaired) electrons. The summed E-state index contributed by atoms with van der Waals surface area (Å²) in [6, 6.07) is 1.34. The molecule has 1 aromatic rings. The van der Waals surface area contributed by atoms with E-state index < -0.39 is 5.92 Å². The number of hydrogen-bond donors (Lipinski definition) is 1. The molecule has 19 heavy (non-hydrogen) atoms. The van der Waals surface area contributed by atoms with Crippen molar-refractivity contribution in [2.24, 2.45) is 5.92 Å². The summed E-state index contributed by atoms with van der Waals surface area (Å²) in [6.07, 6.45) is 3.53. The molecule has 1 unspecified atom stereocenters. The Morgan fingerprint density at radius 2 is 2.05 bits per heavy atom. The molecule has 5 heteroatoms. The Labute approximate surface area is 111 Å². The highest BCUT2D eigenvalue weighted by Crippen LogP contribution is 2.41. The third kappa shape index (κ3) is 3.69. The maximum absolute atomic E-state index is 13.2. The number of aromatic nitrogens is 1. The Morgan fingerprint density at radius 1 is 1.37 bits per heavy atom. The van der Waals surface area contributed by atoms with Gasteiger partial charge in [0.15, 0.2) is 0 Å². The lowest BCUT2D eigenvalue weighted by atomic mass is 9.80. The summed E-state index contributed by atoms with van der Waals surface area (Å²) in [7, 11) is 0. The molecule has 1 aromatic heterocycles. The second-order valence-corrected chi connectivity index (χ2v) is 5.17. The lowest BCUT2D eigenvalue weighted by Crippen LogP contribution is -2.34. The Balaban J connectivity index is 2.12. The van der Waals surface area contributed by atoms with Gasteiger partial charge >= 0.3 is 0 Å². The van der Waals surface area contributed by atoms with Gasteiger partial charge in [0.1, 0.15) is 5.82 Å². The molecule has 0 aliphatic heterocycles. The van der Waals surface area contributed by atoms with Gasteiger partial charge in [0, 0.05) is 25.1 Å². The van der Waals surface area contributed by atoms with Gasteiger partial charge < -0.3 is 5.32 Å². The maximum atomic E-state index is 13.2. The predicted octanol–water partition coefficient (Wildman–Crippen LogP) is 3.70. The van der Waals surface area contributed by atoms with Crippen LogP contribution in [0.15, 0.2) is 18.5 Å². The van der Waals surface area contributed by atoms with Gasteiger partial charge in [-0.3, -0.25) is 4.98 Å². The fourth-order valence-corrected chi connectivity index (χ4v) is 2.77. The first-order valence-electron chi connectivity index (χ1n) is 6.73. The lowest BCUT2D eigenvalue weighted by Gasteiger charge is -2.34. The zero-order valence-corrected chi connectivity index (χ0v) is 11.0. The van der Waals surface area contributed by atoms with Crippen LogP contribution in [0.4, 0.5) is 13.2 Å². The number of nitrogens with zero attached hydrogens (tertiary/aromatic N) is 1. The predicted molar refractivity (Wildman–Crippen MR) is 67.5 cm³/mol. The molecular formula is C14H19F3N2. The maximum Gasteiger partial charge on any atom is 0.248 e. The summed E-state index contributed by atoms with van der Waals surface area (Å²) < 4.78 is 39.6. The molecule has 106 valence electrons. The molecule has 2 nitrogen and oxygen atoms in total. The van der Waals surface area contributed by atoms with Crippen molar-refractivity contribution >= 4 is 0 Å². The Kier molecular flexibility index (Phi) is 4.45. The van der Waals surface area contributed by atoms with Gasteiger partial charge in [-0.2, -0.15) is 0 Å². The van der Waals surface area contributed by atoms with Gasteiger partial charge in [-0.05, 0) is 36.9 Å². The van der Waals surface area contributed by atoms with E-state index in [2.05, 4.69) is 10.3 Å². The van der Waals surface area contributed by atoms with E-state index in [1.807, 2.05) is 6.92 Å². The van der Waals surface area contributed by atoms with Crippen molar-refractivity contribution in [2.45, 2.75) is 44.6 Å². The fraction of sp³-hybridized carbons (Fsp3) is 0.643. The molecule has 2 rings (SSSR count). The van der Waals surface area contributed by atoms with Gasteiger partial charge in [0.2, 0.25) is 5.92 Å². The van der Waals surface area contributed by atoms with Crippen molar-refractivity contribution in [1.82, 2.24) is 10.3 Å². The second kappa shape index (κ2) is 5.90. The quantitative estimate of drug-likeness (QED) is 0.904. The second-order valence-electron chi connectivity index (χ2n) is 5.17. The first-order valence-corrected chi connectivity index (χ1v) is 6.73. The number of nitrogens with one attached hydrogen (secondary N) is 1. The summed E-state index contributed by atoms with van der Waals surface area (Å²) in [6.45, 7) is 2.67. The van der Waals surface area contributed by atoms with Crippen LogP contribution < -0.4 is 5.32 Å². The third-order valence-electron chi connectivity index (χ3n) is 3.74. The number of pyridine rings is 1. The molecule has 0 saturated heterocycles. The minimum atomic E-state index is -2.53. The monoisotopic (exact) mass is 272 g/mol. The minimum Gasteiger partial charge on any atom is -0.310 e. The summed E-state index contributed by atoms with van der Waals surface area (Å²) in [5.41, 5.74) is 0.747. The topological polar surface area (TPSA) is 24.9 Å². The molecule has 0 amide bonds.